The molecule has 24 heavy (non-hydrogen) atoms. The summed E-state index contributed by atoms with van der Waals surface area (Å²) in [5, 5.41) is 0. The third-order valence-corrected chi connectivity index (χ3v) is 4.52. The Morgan fingerprint density at radius 1 is 1.04 bits per heavy atom. The molecule has 2 aromatic rings. The van der Waals surface area contributed by atoms with Gasteiger partial charge < -0.3 is 10.5 Å². The van der Waals surface area contributed by atoms with Crippen LogP contribution in [-0.4, -0.2) is 14.2 Å². The van der Waals surface area contributed by atoms with Crippen LogP contribution < -0.4 is 10.5 Å². The minimum absolute atomic E-state index is 0.0857. The van der Waals surface area contributed by atoms with Gasteiger partial charge in [0, 0.05) is 13.8 Å². The van der Waals surface area contributed by atoms with Gasteiger partial charge in [0.2, 0.25) is 11.6 Å². The summed E-state index contributed by atoms with van der Waals surface area (Å²) in [6.07, 6.45) is 0. The van der Waals surface area contributed by atoms with Gasteiger partial charge in [0.15, 0.2) is 11.6 Å². The summed E-state index contributed by atoms with van der Waals surface area (Å²) in [7, 11) is -4.17. The topological polar surface area (TPSA) is 78.6 Å². The molecular formula is C16H17F2NO4S. The fraction of sp³-hybridized carbons (Fsp3) is 0.250. The quantitative estimate of drug-likeness (QED) is 0.504. The Balaban J connectivity index is 2.28. The number of hydrogen-bond acceptors (Lipinski definition) is 5. The van der Waals surface area contributed by atoms with Gasteiger partial charge in [-0.15, -0.1) is 0 Å². The van der Waals surface area contributed by atoms with Gasteiger partial charge in [0.25, 0.3) is 10.1 Å². The lowest BCUT2D eigenvalue weighted by Crippen LogP contribution is -2.35. The number of ether oxygens (including phenoxy) is 1. The lowest BCUT2D eigenvalue weighted by atomic mass is 10.2. The van der Waals surface area contributed by atoms with Gasteiger partial charge >= 0.3 is 0 Å². The minimum atomic E-state index is -4.17. The van der Waals surface area contributed by atoms with Crippen LogP contribution in [0.1, 0.15) is 19.4 Å². The van der Waals surface area contributed by atoms with Crippen LogP contribution in [0.25, 0.3) is 0 Å². The van der Waals surface area contributed by atoms with Crippen molar-refractivity contribution in [3.8, 4) is 5.75 Å². The van der Waals surface area contributed by atoms with E-state index in [4.69, 9.17) is 14.7 Å². The molecule has 0 radical (unpaired) electrons. The number of nitrogens with two attached hydrogens (primary N) is 1. The molecule has 0 fully saturated rings. The summed E-state index contributed by atoms with van der Waals surface area (Å²) in [6.45, 7) is 4.31. The minimum Gasteiger partial charge on any atom is -0.456 e. The van der Waals surface area contributed by atoms with Crippen LogP contribution in [-0.2, 0) is 14.3 Å². The van der Waals surface area contributed by atoms with E-state index in [-0.39, 0.29) is 10.6 Å². The van der Waals surface area contributed by atoms with E-state index in [1.54, 1.807) is 19.1 Å². The zero-order valence-corrected chi connectivity index (χ0v) is 14.2. The van der Waals surface area contributed by atoms with Crippen molar-refractivity contribution in [1.29, 1.82) is 0 Å². The molecule has 0 spiro atoms. The molecule has 0 saturated carbocycles. The number of rotatable bonds is 5. The van der Waals surface area contributed by atoms with Crippen LogP contribution in [0.5, 0.6) is 5.75 Å². The van der Waals surface area contributed by atoms with E-state index < -0.39 is 33.3 Å². The molecule has 2 aromatic carbocycles. The summed E-state index contributed by atoms with van der Waals surface area (Å²) in [4.78, 5) is -0.0857. The highest BCUT2D eigenvalue weighted by molar-refractivity contribution is 7.86. The molecule has 5 nitrogen and oxygen atoms in total. The van der Waals surface area contributed by atoms with Crippen LogP contribution >= 0.6 is 0 Å². The summed E-state index contributed by atoms with van der Waals surface area (Å²) >= 11 is 0. The smallest absolute Gasteiger partial charge is 0.300 e. The molecule has 0 aliphatic heterocycles. The normalized spacial score (nSPS) is 12.2. The maximum absolute atomic E-state index is 13.8. The van der Waals surface area contributed by atoms with E-state index >= 15 is 0 Å². The molecule has 0 bridgehead atoms. The van der Waals surface area contributed by atoms with E-state index in [9.17, 15) is 17.2 Å². The van der Waals surface area contributed by atoms with Crippen molar-refractivity contribution < 1.29 is 26.1 Å². The van der Waals surface area contributed by atoms with Gasteiger partial charge in [-0.25, -0.2) is 8.57 Å². The maximum atomic E-state index is 13.8. The summed E-state index contributed by atoms with van der Waals surface area (Å²) in [5.74, 6) is -4.91. The number of halogens is 2. The Morgan fingerprint density at radius 3 is 2.21 bits per heavy atom. The third kappa shape index (κ3) is 4.01. The fourth-order valence-electron chi connectivity index (χ4n) is 1.93. The van der Waals surface area contributed by atoms with Gasteiger partial charge in [-0.3, -0.25) is 0 Å². The van der Waals surface area contributed by atoms with Crippen LogP contribution in [0.2, 0.25) is 0 Å². The number of hydrogen-bond donors (Lipinski definition) is 1. The highest BCUT2D eigenvalue weighted by Crippen LogP contribution is 2.32. The molecule has 130 valence electrons. The SMILES string of the molecule is Cc1ccc(S(=O)(=O)OC(C)(C)Oc2c(N)ccc(F)c2F)cc1. The van der Waals surface area contributed by atoms with E-state index in [2.05, 4.69) is 0 Å². The molecule has 0 heterocycles. The van der Waals surface area contributed by atoms with Gasteiger partial charge in [0.1, 0.15) is 0 Å². The zero-order chi connectivity index (χ0) is 18.1. The number of anilines is 1. The number of aryl methyl sites for hydroxylation is 1. The Kier molecular flexibility index (Phi) is 4.82. The van der Waals surface area contributed by atoms with Gasteiger partial charge in [-0.1, -0.05) is 17.7 Å². The fourth-order valence-corrected chi connectivity index (χ4v) is 3.06. The number of nitrogen functional groups attached to an aromatic ring is 1. The second kappa shape index (κ2) is 6.37. The van der Waals surface area contributed by atoms with Gasteiger partial charge in [-0.2, -0.15) is 12.8 Å². The molecule has 0 amide bonds. The molecule has 0 aliphatic rings. The van der Waals surface area contributed by atoms with Crippen molar-refractivity contribution in [2.75, 3.05) is 5.73 Å². The van der Waals surface area contributed by atoms with E-state index in [0.29, 0.717) is 0 Å². The second-order valence-corrected chi connectivity index (χ2v) is 7.18. The van der Waals surface area contributed by atoms with Crippen LogP contribution in [0.3, 0.4) is 0 Å². The molecule has 0 saturated heterocycles. The monoisotopic (exact) mass is 357 g/mol. The Morgan fingerprint density at radius 2 is 1.62 bits per heavy atom. The van der Waals surface area contributed by atoms with Crippen molar-refractivity contribution in [2.45, 2.75) is 31.5 Å². The van der Waals surface area contributed by atoms with Gasteiger partial charge in [-0.05, 0) is 31.2 Å². The Bertz CT molecular complexity index is 849. The second-order valence-electron chi connectivity index (χ2n) is 5.63. The van der Waals surface area contributed by atoms with Crippen molar-refractivity contribution in [1.82, 2.24) is 0 Å². The average molecular weight is 357 g/mol. The van der Waals surface area contributed by atoms with Crippen molar-refractivity contribution in [3.05, 3.63) is 53.6 Å². The molecule has 0 atom stereocenters. The lowest BCUT2D eigenvalue weighted by Gasteiger charge is -2.26. The highest BCUT2D eigenvalue weighted by Gasteiger charge is 2.32. The van der Waals surface area contributed by atoms with Crippen LogP contribution in [0, 0.1) is 18.6 Å². The first-order valence-electron chi connectivity index (χ1n) is 6.97. The third-order valence-electron chi connectivity index (χ3n) is 3.05. The molecule has 0 aliphatic carbocycles. The van der Waals surface area contributed by atoms with E-state index in [1.165, 1.54) is 26.0 Å². The summed E-state index contributed by atoms with van der Waals surface area (Å²) in [5.41, 5.74) is 6.24. The molecule has 8 heteroatoms. The predicted octanol–water partition coefficient (Wildman–Crippen LogP) is 3.38. The standard InChI is InChI=1S/C16H17F2NO4S/c1-10-4-6-11(7-5-10)24(20,21)23-16(2,3)22-15-13(19)9-8-12(17)14(15)18/h4-9H,19H2,1-3H3. The Hall–Kier alpha value is -2.19. The molecule has 2 N–H and O–H groups in total. The summed E-state index contributed by atoms with van der Waals surface area (Å²) < 4.78 is 61.9. The van der Waals surface area contributed by atoms with Crippen molar-refractivity contribution in [3.63, 3.8) is 0 Å². The van der Waals surface area contributed by atoms with E-state index in [0.717, 1.165) is 17.7 Å². The maximum Gasteiger partial charge on any atom is 0.300 e. The lowest BCUT2D eigenvalue weighted by molar-refractivity contribution is -0.0779. The molecule has 0 unspecified atom stereocenters. The van der Waals surface area contributed by atoms with Crippen LogP contribution in [0.4, 0.5) is 14.5 Å². The van der Waals surface area contributed by atoms with Crippen molar-refractivity contribution in [2.24, 2.45) is 0 Å². The number of benzene rings is 2. The first-order chi connectivity index (χ1) is 11.0. The highest BCUT2D eigenvalue weighted by atomic mass is 32.2. The Labute approximate surface area is 139 Å². The predicted molar refractivity (Wildman–Crippen MR) is 84.9 cm³/mol. The zero-order valence-electron chi connectivity index (χ0n) is 13.3. The van der Waals surface area contributed by atoms with E-state index in [1.807, 2.05) is 0 Å². The van der Waals surface area contributed by atoms with Crippen LogP contribution in [0.15, 0.2) is 41.3 Å². The first-order valence-corrected chi connectivity index (χ1v) is 8.37. The summed E-state index contributed by atoms with van der Waals surface area (Å²) in [6, 6.07) is 7.91. The largest absolute Gasteiger partial charge is 0.456 e. The molecular weight excluding hydrogens is 340 g/mol. The van der Waals surface area contributed by atoms with Crippen molar-refractivity contribution >= 4 is 15.8 Å². The molecule has 0 aromatic heterocycles. The average Bonchev–Trinajstić information content (AvgIpc) is 2.47. The first kappa shape index (κ1) is 18.2. The molecule has 2 rings (SSSR count). The van der Waals surface area contributed by atoms with Gasteiger partial charge in [0.05, 0.1) is 10.6 Å².